The van der Waals surface area contributed by atoms with E-state index in [9.17, 15) is 0 Å². The van der Waals surface area contributed by atoms with Crippen molar-refractivity contribution in [3.63, 3.8) is 0 Å². The first-order valence-electron chi connectivity index (χ1n) is 8.11. The second-order valence-electron chi connectivity index (χ2n) is 5.56. The summed E-state index contributed by atoms with van der Waals surface area (Å²) in [5, 5.41) is 3.71. The zero-order chi connectivity index (χ0) is 14.0. The molecule has 0 aliphatic heterocycles. The van der Waals surface area contributed by atoms with Crippen molar-refractivity contribution in [2.24, 2.45) is 0 Å². The molecule has 0 saturated heterocycles. The van der Waals surface area contributed by atoms with Gasteiger partial charge in [0.1, 0.15) is 0 Å². The summed E-state index contributed by atoms with van der Waals surface area (Å²) in [6.07, 6.45) is 6.30. The molecule has 0 spiro atoms. The Kier molecular flexibility index (Phi) is 10.8. The van der Waals surface area contributed by atoms with Crippen LogP contribution in [0.3, 0.4) is 0 Å². The van der Waals surface area contributed by atoms with Crippen LogP contribution in [0.2, 0.25) is 0 Å². The van der Waals surface area contributed by atoms with E-state index in [1.54, 1.807) is 0 Å². The molecule has 2 heteroatoms. The first-order valence-corrected chi connectivity index (χ1v) is 8.11. The molecule has 0 saturated carbocycles. The summed E-state index contributed by atoms with van der Waals surface area (Å²) in [5.41, 5.74) is 0. The molecule has 0 rings (SSSR count). The van der Waals surface area contributed by atoms with Gasteiger partial charge in [0.2, 0.25) is 0 Å². The summed E-state index contributed by atoms with van der Waals surface area (Å²) in [5.74, 6) is 0. The Hall–Kier alpha value is -0.0800. The van der Waals surface area contributed by atoms with E-state index in [0.717, 1.165) is 6.54 Å². The molecule has 0 aromatic heterocycles. The Balaban J connectivity index is 4.52. The van der Waals surface area contributed by atoms with Gasteiger partial charge in [0.05, 0.1) is 0 Å². The van der Waals surface area contributed by atoms with Crippen molar-refractivity contribution in [3.05, 3.63) is 0 Å². The molecule has 0 aliphatic rings. The van der Waals surface area contributed by atoms with Crippen LogP contribution in [0.4, 0.5) is 0 Å². The lowest BCUT2D eigenvalue weighted by Crippen LogP contribution is -2.51. The van der Waals surface area contributed by atoms with Crippen molar-refractivity contribution >= 4 is 0 Å². The molecule has 0 aliphatic carbocycles. The Morgan fingerprint density at radius 1 is 0.944 bits per heavy atom. The maximum atomic E-state index is 3.71. The summed E-state index contributed by atoms with van der Waals surface area (Å²) in [7, 11) is 0. The Bertz CT molecular complexity index is 182. The highest BCUT2D eigenvalue weighted by atomic mass is 15.2. The van der Waals surface area contributed by atoms with Crippen LogP contribution in [0.5, 0.6) is 0 Å². The molecule has 0 heterocycles. The van der Waals surface area contributed by atoms with E-state index in [2.05, 4.69) is 51.8 Å². The Morgan fingerprint density at radius 2 is 1.61 bits per heavy atom. The van der Waals surface area contributed by atoms with E-state index in [0.29, 0.717) is 18.1 Å². The highest BCUT2D eigenvalue weighted by molar-refractivity contribution is 4.83. The molecule has 0 fully saturated rings. The van der Waals surface area contributed by atoms with Crippen LogP contribution in [-0.4, -0.2) is 36.1 Å². The first-order chi connectivity index (χ1) is 8.62. The lowest BCUT2D eigenvalue weighted by molar-refractivity contribution is 0.116. The molecule has 0 radical (unpaired) electrons. The van der Waals surface area contributed by atoms with E-state index in [-0.39, 0.29) is 0 Å². The predicted molar refractivity (Wildman–Crippen MR) is 83.2 cm³/mol. The van der Waals surface area contributed by atoms with Gasteiger partial charge >= 0.3 is 0 Å². The quantitative estimate of drug-likeness (QED) is 0.600. The number of rotatable bonds is 11. The largest absolute Gasteiger partial charge is 0.312 e. The number of nitrogens with zero attached hydrogens (tertiary/aromatic N) is 1. The molecule has 110 valence electrons. The zero-order valence-electron chi connectivity index (χ0n) is 13.6. The lowest BCUT2D eigenvalue weighted by atomic mass is 10.0. The summed E-state index contributed by atoms with van der Waals surface area (Å²) < 4.78 is 0. The molecule has 3 atom stereocenters. The molecule has 2 nitrogen and oxygen atoms in total. The number of hydrogen-bond acceptors (Lipinski definition) is 2. The van der Waals surface area contributed by atoms with Gasteiger partial charge in [-0.1, -0.05) is 34.1 Å². The minimum absolute atomic E-state index is 0.635. The minimum Gasteiger partial charge on any atom is -0.312 e. The summed E-state index contributed by atoms with van der Waals surface area (Å²) in [4.78, 5) is 2.71. The Labute approximate surface area is 116 Å². The first kappa shape index (κ1) is 17.9. The van der Waals surface area contributed by atoms with E-state index < -0.39 is 0 Å². The van der Waals surface area contributed by atoms with E-state index in [4.69, 9.17) is 0 Å². The molecule has 0 bridgehead atoms. The lowest BCUT2D eigenvalue weighted by Gasteiger charge is -2.39. The van der Waals surface area contributed by atoms with Gasteiger partial charge in [0, 0.05) is 18.1 Å². The normalized spacial score (nSPS) is 16.8. The van der Waals surface area contributed by atoms with Crippen molar-refractivity contribution in [2.75, 3.05) is 13.1 Å². The molecular weight excluding hydrogens is 220 g/mol. The standard InChI is InChI=1S/C16H36N2/c1-7-11-13-18(14(5)9-3)15(6)16(10-4)17-12-8-2/h14-17H,7-13H2,1-6H3. The van der Waals surface area contributed by atoms with Crippen molar-refractivity contribution < 1.29 is 0 Å². The van der Waals surface area contributed by atoms with E-state index in [1.165, 1.54) is 38.6 Å². The smallest absolute Gasteiger partial charge is 0.0223 e. The zero-order valence-corrected chi connectivity index (χ0v) is 13.6. The molecule has 3 unspecified atom stereocenters. The number of unbranched alkanes of at least 4 members (excludes halogenated alkanes) is 1. The molecule has 0 aromatic rings. The van der Waals surface area contributed by atoms with Crippen LogP contribution < -0.4 is 5.32 Å². The van der Waals surface area contributed by atoms with Crippen molar-refractivity contribution in [1.82, 2.24) is 10.2 Å². The third-order valence-corrected chi connectivity index (χ3v) is 4.13. The van der Waals surface area contributed by atoms with Crippen LogP contribution in [0.25, 0.3) is 0 Å². The predicted octanol–water partition coefficient (Wildman–Crippen LogP) is 4.05. The minimum atomic E-state index is 0.635. The van der Waals surface area contributed by atoms with Gasteiger partial charge < -0.3 is 5.32 Å². The molecule has 18 heavy (non-hydrogen) atoms. The maximum absolute atomic E-state index is 3.71. The van der Waals surface area contributed by atoms with Crippen molar-refractivity contribution in [2.45, 2.75) is 91.8 Å². The molecule has 0 amide bonds. The molecule has 0 aromatic carbocycles. The van der Waals surface area contributed by atoms with Crippen LogP contribution >= 0.6 is 0 Å². The van der Waals surface area contributed by atoms with Gasteiger partial charge in [-0.2, -0.15) is 0 Å². The van der Waals surface area contributed by atoms with Crippen LogP contribution in [0, 0.1) is 0 Å². The average molecular weight is 256 g/mol. The van der Waals surface area contributed by atoms with Crippen LogP contribution in [-0.2, 0) is 0 Å². The second-order valence-corrected chi connectivity index (χ2v) is 5.56. The topological polar surface area (TPSA) is 15.3 Å². The van der Waals surface area contributed by atoms with Gasteiger partial charge in [-0.3, -0.25) is 4.90 Å². The van der Waals surface area contributed by atoms with Gasteiger partial charge in [0.15, 0.2) is 0 Å². The fourth-order valence-corrected chi connectivity index (χ4v) is 2.62. The van der Waals surface area contributed by atoms with E-state index >= 15 is 0 Å². The number of hydrogen-bond donors (Lipinski definition) is 1. The van der Waals surface area contributed by atoms with E-state index in [1.807, 2.05) is 0 Å². The van der Waals surface area contributed by atoms with Crippen LogP contribution in [0.1, 0.15) is 73.6 Å². The van der Waals surface area contributed by atoms with Crippen LogP contribution in [0.15, 0.2) is 0 Å². The SMILES string of the molecule is CCCCN(C(C)CC)C(C)C(CC)NCCC. The van der Waals surface area contributed by atoms with Gasteiger partial charge in [-0.15, -0.1) is 0 Å². The van der Waals surface area contributed by atoms with Crippen molar-refractivity contribution in [3.8, 4) is 0 Å². The highest BCUT2D eigenvalue weighted by Gasteiger charge is 2.24. The summed E-state index contributed by atoms with van der Waals surface area (Å²) in [6, 6.07) is 1.97. The third kappa shape index (κ3) is 6.19. The average Bonchev–Trinajstić information content (AvgIpc) is 2.39. The monoisotopic (exact) mass is 256 g/mol. The fraction of sp³-hybridized carbons (Fsp3) is 1.00. The second kappa shape index (κ2) is 10.8. The van der Waals surface area contributed by atoms with Gasteiger partial charge in [0.25, 0.3) is 0 Å². The summed E-state index contributed by atoms with van der Waals surface area (Å²) in [6.45, 7) is 16.3. The van der Waals surface area contributed by atoms with Crippen molar-refractivity contribution in [1.29, 1.82) is 0 Å². The molecule has 1 N–H and O–H groups in total. The van der Waals surface area contributed by atoms with Gasteiger partial charge in [-0.05, 0) is 52.6 Å². The van der Waals surface area contributed by atoms with Gasteiger partial charge in [-0.25, -0.2) is 0 Å². The third-order valence-electron chi connectivity index (χ3n) is 4.13. The maximum Gasteiger partial charge on any atom is 0.0223 e. The fourth-order valence-electron chi connectivity index (χ4n) is 2.62. The summed E-state index contributed by atoms with van der Waals surface area (Å²) >= 11 is 0. The molecular formula is C16H36N2. The number of nitrogens with one attached hydrogen (secondary N) is 1. The Morgan fingerprint density at radius 3 is 2.06 bits per heavy atom. The highest BCUT2D eigenvalue weighted by Crippen LogP contribution is 2.15.